The minimum atomic E-state index is -0.369. The van der Waals surface area contributed by atoms with E-state index in [9.17, 15) is 14.0 Å². The number of rotatable bonds is 5. The predicted octanol–water partition coefficient (Wildman–Crippen LogP) is 4.75. The zero-order chi connectivity index (χ0) is 20.4. The van der Waals surface area contributed by atoms with Crippen LogP contribution in [0.25, 0.3) is 0 Å². The van der Waals surface area contributed by atoms with Crippen LogP contribution >= 0.6 is 27.7 Å². The van der Waals surface area contributed by atoms with Gasteiger partial charge in [0.25, 0.3) is 5.91 Å². The summed E-state index contributed by atoms with van der Waals surface area (Å²) in [6, 6.07) is 13.3. The first-order valence-corrected chi connectivity index (χ1v) is 10.6. The van der Waals surface area contributed by atoms with Crippen molar-refractivity contribution in [1.29, 1.82) is 0 Å². The van der Waals surface area contributed by atoms with Crippen molar-refractivity contribution < 1.29 is 18.4 Å². The minimum Gasteiger partial charge on any atom is -0.467 e. The first kappa shape index (κ1) is 19.7. The molecule has 0 bridgehead atoms. The monoisotopic (exact) mass is 474 g/mol. The van der Waals surface area contributed by atoms with Gasteiger partial charge >= 0.3 is 0 Å². The molecule has 0 saturated carbocycles. The van der Waals surface area contributed by atoms with Gasteiger partial charge in [0.15, 0.2) is 0 Å². The van der Waals surface area contributed by atoms with E-state index in [1.54, 1.807) is 48.7 Å². The quantitative estimate of drug-likeness (QED) is 0.579. The highest BCUT2D eigenvalue weighted by molar-refractivity contribution is 9.10. The largest absolute Gasteiger partial charge is 0.467 e. The fourth-order valence-corrected chi connectivity index (χ4v) is 4.78. The molecule has 4 rings (SSSR count). The number of carbonyl (C=O) groups is 2. The Bertz CT molecular complexity index is 1070. The zero-order valence-electron chi connectivity index (χ0n) is 15.2. The van der Waals surface area contributed by atoms with E-state index in [0.29, 0.717) is 27.0 Å². The van der Waals surface area contributed by atoms with Crippen LogP contribution in [0.5, 0.6) is 0 Å². The van der Waals surface area contributed by atoms with Crippen LogP contribution in [0.3, 0.4) is 0 Å². The van der Waals surface area contributed by atoms with Crippen LogP contribution in [-0.4, -0.2) is 17.6 Å². The number of fused-ring (bicyclic) bond motifs is 1. The normalized spacial score (nSPS) is 13.3. The lowest BCUT2D eigenvalue weighted by Gasteiger charge is -2.30. The molecule has 2 aromatic carbocycles. The van der Waals surface area contributed by atoms with Crippen molar-refractivity contribution in [2.24, 2.45) is 0 Å². The number of hydrogen-bond donors (Lipinski definition) is 1. The number of nitrogens with one attached hydrogen (secondary N) is 1. The number of carbonyl (C=O) groups excluding carboxylic acids is 2. The third kappa shape index (κ3) is 4.23. The van der Waals surface area contributed by atoms with Gasteiger partial charge < -0.3 is 14.6 Å². The number of furan rings is 1. The molecule has 29 heavy (non-hydrogen) atoms. The molecule has 1 aromatic heterocycles. The van der Waals surface area contributed by atoms with Gasteiger partial charge in [0.1, 0.15) is 11.6 Å². The van der Waals surface area contributed by atoms with E-state index in [1.165, 1.54) is 22.7 Å². The molecule has 0 aliphatic carbocycles. The van der Waals surface area contributed by atoms with Crippen molar-refractivity contribution >= 4 is 45.2 Å². The first-order valence-electron chi connectivity index (χ1n) is 8.83. The van der Waals surface area contributed by atoms with E-state index in [0.717, 1.165) is 4.90 Å². The number of amides is 2. The van der Waals surface area contributed by atoms with Gasteiger partial charge in [0, 0.05) is 20.5 Å². The van der Waals surface area contributed by atoms with Crippen LogP contribution < -0.4 is 10.2 Å². The second-order valence-corrected chi connectivity index (χ2v) is 8.27. The number of benzene rings is 2. The summed E-state index contributed by atoms with van der Waals surface area (Å²) in [5.41, 5.74) is 1.41. The van der Waals surface area contributed by atoms with E-state index < -0.39 is 0 Å². The highest BCUT2D eigenvalue weighted by Crippen LogP contribution is 2.42. The van der Waals surface area contributed by atoms with Gasteiger partial charge in [0.2, 0.25) is 5.91 Å². The SMILES string of the molecule is O=C(NCc1ccco1)c1cc(Br)c2c(c1)N(Cc1ccccc1F)C(=O)CS2. The molecule has 5 nitrogen and oxygen atoms in total. The van der Waals surface area contributed by atoms with Crippen molar-refractivity contribution in [3.8, 4) is 0 Å². The Labute approximate surface area is 179 Å². The van der Waals surface area contributed by atoms with Crippen molar-refractivity contribution in [2.45, 2.75) is 18.0 Å². The van der Waals surface area contributed by atoms with Crippen molar-refractivity contribution in [1.82, 2.24) is 5.32 Å². The molecular weight excluding hydrogens is 459 g/mol. The third-order valence-electron chi connectivity index (χ3n) is 4.51. The van der Waals surface area contributed by atoms with Gasteiger partial charge in [-0.2, -0.15) is 0 Å². The van der Waals surface area contributed by atoms with E-state index in [-0.39, 0.29) is 36.5 Å². The molecule has 0 atom stereocenters. The van der Waals surface area contributed by atoms with Crippen LogP contribution in [0.2, 0.25) is 0 Å². The van der Waals surface area contributed by atoms with Gasteiger partial charge in [-0.3, -0.25) is 9.59 Å². The lowest BCUT2D eigenvalue weighted by molar-refractivity contribution is -0.116. The smallest absolute Gasteiger partial charge is 0.251 e. The van der Waals surface area contributed by atoms with E-state index in [1.807, 2.05) is 0 Å². The van der Waals surface area contributed by atoms with Crippen molar-refractivity contribution in [2.75, 3.05) is 10.7 Å². The van der Waals surface area contributed by atoms with Crippen LogP contribution in [0, 0.1) is 5.82 Å². The van der Waals surface area contributed by atoms with E-state index in [2.05, 4.69) is 21.2 Å². The Morgan fingerprint density at radius 1 is 1.24 bits per heavy atom. The lowest BCUT2D eigenvalue weighted by Crippen LogP contribution is -2.35. The van der Waals surface area contributed by atoms with Crippen LogP contribution in [0.15, 0.2) is 68.6 Å². The average molecular weight is 475 g/mol. The summed E-state index contributed by atoms with van der Waals surface area (Å²) in [6.45, 7) is 0.357. The van der Waals surface area contributed by atoms with Gasteiger partial charge in [-0.05, 0) is 46.3 Å². The maximum atomic E-state index is 14.1. The Balaban J connectivity index is 1.63. The molecule has 0 saturated heterocycles. The molecule has 0 spiro atoms. The first-order chi connectivity index (χ1) is 14.0. The van der Waals surface area contributed by atoms with Crippen molar-refractivity contribution in [3.05, 3.63) is 82.0 Å². The molecule has 2 heterocycles. The van der Waals surface area contributed by atoms with Gasteiger partial charge in [-0.15, -0.1) is 11.8 Å². The summed E-state index contributed by atoms with van der Waals surface area (Å²) in [5, 5.41) is 2.80. The lowest BCUT2D eigenvalue weighted by atomic mass is 10.1. The Morgan fingerprint density at radius 3 is 2.83 bits per heavy atom. The molecule has 1 aliphatic heterocycles. The number of hydrogen-bond acceptors (Lipinski definition) is 4. The zero-order valence-corrected chi connectivity index (χ0v) is 17.6. The predicted molar refractivity (Wildman–Crippen MR) is 112 cm³/mol. The van der Waals surface area contributed by atoms with Crippen LogP contribution in [-0.2, 0) is 17.9 Å². The minimum absolute atomic E-state index is 0.100. The Hall–Kier alpha value is -2.58. The number of nitrogens with zero attached hydrogens (tertiary/aromatic N) is 1. The molecule has 0 fully saturated rings. The Morgan fingerprint density at radius 2 is 2.07 bits per heavy atom. The topological polar surface area (TPSA) is 62.6 Å². The van der Waals surface area contributed by atoms with E-state index >= 15 is 0 Å². The molecule has 0 radical (unpaired) electrons. The molecule has 3 aromatic rings. The second kappa shape index (κ2) is 8.42. The highest BCUT2D eigenvalue weighted by atomic mass is 79.9. The molecule has 1 N–H and O–H groups in total. The van der Waals surface area contributed by atoms with Crippen LogP contribution in [0.4, 0.5) is 10.1 Å². The molecule has 2 amide bonds. The van der Waals surface area contributed by atoms with Gasteiger partial charge in [-0.1, -0.05) is 18.2 Å². The molecule has 0 unspecified atom stereocenters. The number of anilines is 1. The Kier molecular flexibility index (Phi) is 5.73. The summed E-state index contributed by atoms with van der Waals surface area (Å²) in [5.74, 6) is 0.0997. The molecule has 148 valence electrons. The van der Waals surface area contributed by atoms with Gasteiger partial charge in [-0.25, -0.2) is 4.39 Å². The van der Waals surface area contributed by atoms with Crippen molar-refractivity contribution in [3.63, 3.8) is 0 Å². The summed E-state index contributed by atoms with van der Waals surface area (Å²) in [4.78, 5) is 27.6. The summed E-state index contributed by atoms with van der Waals surface area (Å²) in [7, 11) is 0. The molecule has 1 aliphatic rings. The maximum absolute atomic E-state index is 14.1. The fourth-order valence-electron chi connectivity index (χ4n) is 3.05. The summed E-state index contributed by atoms with van der Waals surface area (Å²) in [6.07, 6.45) is 1.54. The molecular formula is C21H16BrFN2O3S. The summed E-state index contributed by atoms with van der Waals surface area (Å²) >= 11 is 4.90. The fraction of sp³-hybridized carbons (Fsp3) is 0.143. The second-order valence-electron chi connectivity index (χ2n) is 6.43. The average Bonchev–Trinajstić information content (AvgIpc) is 3.23. The number of halogens is 2. The third-order valence-corrected chi connectivity index (χ3v) is 6.50. The summed E-state index contributed by atoms with van der Waals surface area (Å²) < 4.78 is 20.1. The highest BCUT2D eigenvalue weighted by Gasteiger charge is 2.28. The maximum Gasteiger partial charge on any atom is 0.251 e. The molecule has 8 heteroatoms. The van der Waals surface area contributed by atoms with Gasteiger partial charge in [0.05, 0.1) is 30.8 Å². The van der Waals surface area contributed by atoms with Crippen LogP contribution in [0.1, 0.15) is 21.7 Å². The number of thioether (sulfide) groups is 1. The van der Waals surface area contributed by atoms with E-state index in [4.69, 9.17) is 4.42 Å². The standard InChI is InChI=1S/C21H16BrFN2O3S/c22-16-8-14(21(27)24-10-15-5-3-7-28-15)9-18-20(16)29-12-19(26)25(18)11-13-4-1-2-6-17(13)23/h1-9H,10-12H2,(H,24,27).